The zero-order chi connectivity index (χ0) is 31.8. The molecule has 1 N–H and O–H groups in total. The summed E-state index contributed by atoms with van der Waals surface area (Å²) in [6, 6.07) is 10.2. The van der Waals surface area contributed by atoms with E-state index in [1.165, 1.54) is 25.3 Å². The predicted octanol–water partition coefficient (Wildman–Crippen LogP) is 3.16. The molecule has 3 heterocycles. The molecule has 11 nitrogen and oxygen atoms in total. The largest absolute Gasteiger partial charge is 0.341 e. The molecule has 5 rings (SSSR count). The van der Waals surface area contributed by atoms with E-state index in [0.717, 1.165) is 32.7 Å². The van der Waals surface area contributed by atoms with Crippen molar-refractivity contribution in [1.82, 2.24) is 18.9 Å². The minimum absolute atomic E-state index is 0.0110. The second-order valence-corrected chi connectivity index (χ2v) is 13.9. The number of hydrogen-bond donors (Lipinski definition) is 1. The molecule has 234 valence electrons. The molecule has 2 aromatic carbocycles. The smallest absolute Gasteiger partial charge is 0.331 e. The third kappa shape index (κ3) is 6.58. The van der Waals surface area contributed by atoms with Crippen molar-refractivity contribution in [1.29, 1.82) is 0 Å². The maximum absolute atomic E-state index is 14.3. The minimum Gasteiger partial charge on any atom is -0.341 e. The van der Waals surface area contributed by atoms with Crippen LogP contribution in [0.3, 0.4) is 0 Å². The molecule has 1 saturated heterocycles. The first-order valence-corrected chi connectivity index (χ1v) is 16.7. The van der Waals surface area contributed by atoms with Gasteiger partial charge in [0, 0.05) is 49.4 Å². The Morgan fingerprint density at radius 1 is 1.05 bits per heavy atom. The summed E-state index contributed by atoms with van der Waals surface area (Å²) in [5.41, 5.74) is 0.00939. The Morgan fingerprint density at radius 2 is 1.75 bits per heavy atom. The summed E-state index contributed by atoms with van der Waals surface area (Å²) in [5, 5.41) is 2.63. The van der Waals surface area contributed by atoms with Gasteiger partial charge in [0.05, 0.1) is 22.4 Å². The average molecular weight is 646 g/mol. The highest BCUT2D eigenvalue weighted by atomic mass is 35.5. The molecule has 0 saturated carbocycles. The van der Waals surface area contributed by atoms with Crippen LogP contribution in [0.2, 0.25) is 5.02 Å². The number of benzene rings is 2. The third-order valence-corrected chi connectivity index (χ3v) is 9.59. The maximum atomic E-state index is 14.3. The summed E-state index contributed by atoms with van der Waals surface area (Å²) in [7, 11) is -3.59. The van der Waals surface area contributed by atoms with E-state index in [1.807, 2.05) is 24.3 Å². The van der Waals surface area contributed by atoms with Gasteiger partial charge >= 0.3 is 11.7 Å². The van der Waals surface area contributed by atoms with E-state index in [2.05, 4.69) is 5.32 Å². The van der Waals surface area contributed by atoms with E-state index in [-0.39, 0.29) is 28.2 Å². The van der Waals surface area contributed by atoms with Gasteiger partial charge in [-0.05, 0) is 43.9 Å². The molecule has 2 aliphatic rings. The fourth-order valence-electron chi connectivity index (χ4n) is 5.94. The van der Waals surface area contributed by atoms with Crippen LogP contribution in [-0.2, 0) is 27.6 Å². The minimum atomic E-state index is -3.59. The van der Waals surface area contributed by atoms with Crippen LogP contribution in [0.15, 0.2) is 58.3 Å². The number of para-hydroxylation sites is 1. The standard InChI is InChI=1S/C30H33ClFN5O6S/c1-19(18-44(2,42)43)37-28(39)23(22-7-5-8-24(32)27(22)31)16-35(30(37)41)17-26(38)34-13-11-21(12-14-34)36-15-10-20-6-3-4-9-25(20)33-29(36)40/h3-9,16,19,21H,10-15,17-18H2,1-2H3,(H,33,40)/t19-/m0/s1. The first-order valence-electron chi connectivity index (χ1n) is 14.3. The first kappa shape index (κ1) is 31.5. The molecule has 1 aromatic heterocycles. The number of nitrogens with one attached hydrogen (secondary N) is 1. The Kier molecular flexibility index (Phi) is 8.98. The van der Waals surface area contributed by atoms with Crippen molar-refractivity contribution >= 4 is 39.1 Å². The number of fused-ring (bicyclic) bond motifs is 1. The predicted molar refractivity (Wildman–Crippen MR) is 165 cm³/mol. The lowest BCUT2D eigenvalue weighted by Crippen LogP contribution is -2.51. The zero-order valence-corrected chi connectivity index (χ0v) is 25.9. The molecule has 1 fully saturated rings. The van der Waals surface area contributed by atoms with Crippen LogP contribution in [0, 0.1) is 5.82 Å². The van der Waals surface area contributed by atoms with Crippen LogP contribution >= 0.6 is 11.6 Å². The quantitative estimate of drug-likeness (QED) is 0.420. The van der Waals surface area contributed by atoms with Crippen LogP contribution in [0.1, 0.15) is 31.4 Å². The van der Waals surface area contributed by atoms with Gasteiger partial charge in [0.15, 0.2) is 0 Å². The van der Waals surface area contributed by atoms with Gasteiger partial charge in [0.1, 0.15) is 22.2 Å². The Labute approximate surface area is 258 Å². The number of aromatic nitrogens is 2. The van der Waals surface area contributed by atoms with Gasteiger partial charge in [-0.25, -0.2) is 22.4 Å². The van der Waals surface area contributed by atoms with Crippen LogP contribution < -0.4 is 16.6 Å². The van der Waals surface area contributed by atoms with Gasteiger partial charge in [-0.2, -0.15) is 0 Å². The fourth-order valence-corrected chi connectivity index (χ4v) is 7.20. The number of amides is 3. The number of hydrogen-bond acceptors (Lipinski definition) is 6. The molecule has 0 bridgehead atoms. The number of piperidine rings is 1. The highest BCUT2D eigenvalue weighted by Crippen LogP contribution is 2.28. The number of nitrogens with zero attached hydrogens (tertiary/aromatic N) is 4. The van der Waals surface area contributed by atoms with Crippen LogP contribution in [0.5, 0.6) is 0 Å². The lowest BCUT2D eigenvalue weighted by molar-refractivity contribution is -0.133. The number of rotatable bonds is 7. The van der Waals surface area contributed by atoms with Gasteiger partial charge in [0.2, 0.25) is 5.91 Å². The Balaban J connectivity index is 1.37. The number of carbonyl (C=O) groups is 2. The van der Waals surface area contributed by atoms with Crippen LogP contribution in [0.25, 0.3) is 11.1 Å². The fraction of sp³-hybridized carbons (Fsp3) is 0.400. The number of carbonyl (C=O) groups excluding carboxylic acids is 2. The van der Waals surface area contributed by atoms with Crippen molar-refractivity contribution in [2.75, 3.05) is 37.0 Å². The molecule has 14 heteroatoms. The summed E-state index contributed by atoms with van der Waals surface area (Å²) in [4.78, 5) is 56.8. The molecule has 0 unspecified atom stereocenters. The highest BCUT2D eigenvalue weighted by molar-refractivity contribution is 7.90. The lowest BCUT2D eigenvalue weighted by atomic mass is 10.0. The molecule has 0 aliphatic carbocycles. The highest BCUT2D eigenvalue weighted by Gasteiger charge is 2.32. The van der Waals surface area contributed by atoms with E-state index in [1.54, 1.807) is 9.80 Å². The molecule has 1 atom stereocenters. The molecule has 44 heavy (non-hydrogen) atoms. The average Bonchev–Trinajstić information content (AvgIpc) is 3.13. The first-order chi connectivity index (χ1) is 20.8. The topological polar surface area (TPSA) is 131 Å². The maximum Gasteiger partial charge on any atom is 0.331 e. The van der Waals surface area contributed by atoms with E-state index in [4.69, 9.17) is 11.6 Å². The van der Waals surface area contributed by atoms with Gasteiger partial charge in [-0.15, -0.1) is 0 Å². The monoisotopic (exact) mass is 645 g/mol. The Bertz CT molecular complexity index is 1830. The normalized spacial score (nSPS) is 16.7. The van der Waals surface area contributed by atoms with Gasteiger partial charge in [-0.1, -0.05) is 41.9 Å². The van der Waals surface area contributed by atoms with E-state index >= 15 is 0 Å². The number of anilines is 1. The SMILES string of the molecule is C[C@@H](CS(C)(=O)=O)n1c(=O)c(-c2cccc(F)c2Cl)cn(CC(=O)N2CCC(N3CCc4ccccc4NC3=O)CC2)c1=O. The summed E-state index contributed by atoms with van der Waals surface area (Å²) in [6.45, 7) is 2.23. The number of halogens is 2. The van der Waals surface area contributed by atoms with Crippen LogP contribution in [-0.4, -0.2) is 77.0 Å². The third-order valence-electron chi connectivity index (χ3n) is 8.12. The van der Waals surface area contributed by atoms with Crippen molar-refractivity contribution in [3.63, 3.8) is 0 Å². The van der Waals surface area contributed by atoms with Crippen molar-refractivity contribution in [3.05, 3.63) is 85.9 Å². The van der Waals surface area contributed by atoms with E-state index in [0.29, 0.717) is 38.9 Å². The Hall–Kier alpha value is -3.97. The van der Waals surface area contributed by atoms with Crippen molar-refractivity contribution in [2.45, 2.75) is 44.8 Å². The van der Waals surface area contributed by atoms with Gasteiger partial charge in [-0.3, -0.25) is 18.7 Å². The molecule has 2 aliphatic heterocycles. The van der Waals surface area contributed by atoms with E-state index < -0.39 is 51.2 Å². The lowest BCUT2D eigenvalue weighted by Gasteiger charge is -2.38. The summed E-state index contributed by atoms with van der Waals surface area (Å²) in [6.07, 6.45) is 3.95. The second kappa shape index (κ2) is 12.6. The molecule has 3 aromatic rings. The number of urea groups is 1. The van der Waals surface area contributed by atoms with Gasteiger partial charge in [0.25, 0.3) is 5.56 Å². The van der Waals surface area contributed by atoms with Gasteiger partial charge < -0.3 is 15.1 Å². The summed E-state index contributed by atoms with van der Waals surface area (Å²) >= 11 is 6.17. The van der Waals surface area contributed by atoms with Crippen molar-refractivity contribution in [3.8, 4) is 11.1 Å². The van der Waals surface area contributed by atoms with Crippen molar-refractivity contribution in [2.24, 2.45) is 0 Å². The number of sulfone groups is 1. The molecule has 3 amide bonds. The summed E-state index contributed by atoms with van der Waals surface area (Å²) in [5.74, 6) is -1.67. The molecule has 0 spiro atoms. The number of likely N-dealkylation sites (tertiary alicyclic amines) is 1. The summed E-state index contributed by atoms with van der Waals surface area (Å²) < 4.78 is 40.1. The molecule has 0 radical (unpaired) electrons. The van der Waals surface area contributed by atoms with Crippen LogP contribution in [0.4, 0.5) is 14.9 Å². The molecular weight excluding hydrogens is 613 g/mol. The zero-order valence-electron chi connectivity index (χ0n) is 24.3. The second-order valence-electron chi connectivity index (χ2n) is 11.3. The van der Waals surface area contributed by atoms with Crippen molar-refractivity contribution < 1.29 is 22.4 Å². The Morgan fingerprint density at radius 3 is 2.45 bits per heavy atom. The van der Waals surface area contributed by atoms with E-state index in [9.17, 15) is 32.0 Å². The molecular formula is C30H33ClFN5O6S.